The van der Waals surface area contributed by atoms with Crippen LogP contribution in [-0.2, 0) is 9.53 Å². The largest absolute Gasteiger partial charge is 0.452 e. The zero-order valence-corrected chi connectivity index (χ0v) is 15.1. The van der Waals surface area contributed by atoms with Crippen molar-refractivity contribution in [3.8, 4) is 0 Å². The summed E-state index contributed by atoms with van der Waals surface area (Å²) in [6.07, 6.45) is 0. The van der Waals surface area contributed by atoms with Gasteiger partial charge in [-0.05, 0) is 43.2 Å². The zero-order valence-electron chi connectivity index (χ0n) is 13.5. The molecule has 0 aliphatic carbocycles. The van der Waals surface area contributed by atoms with Gasteiger partial charge in [0.1, 0.15) is 0 Å². The molecule has 0 radical (unpaired) electrons. The summed E-state index contributed by atoms with van der Waals surface area (Å²) in [6, 6.07) is 12.5. The molecule has 3 N–H and O–H groups in total. The van der Waals surface area contributed by atoms with Crippen LogP contribution in [0.5, 0.6) is 0 Å². The normalized spacial score (nSPS) is 11.6. The first-order chi connectivity index (χ1) is 11.4. The summed E-state index contributed by atoms with van der Waals surface area (Å²) in [5.41, 5.74) is 8.24. The number of rotatable bonds is 5. The molecule has 0 aliphatic heterocycles. The lowest BCUT2D eigenvalue weighted by atomic mass is 10.1. The second kappa shape index (κ2) is 7.97. The number of carbonyl (C=O) groups excluding carboxylic acids is 2. The molecule has 0 aromatic heterocycles. The van der Waals surface area contributed by atoms with Gasteiger partial charge in [-0.25, -0.2) is 4.79 Å². The molecule has 24 heavy (non-hydrogen) atoms. The molecule has 6 heteroatoms. The lowest BCUT2D eigenvalue weighted by molar-refractivity contribution is -0.124. The number of benzene rings is 2. The number of anilines is 1. The van der Waals surface area contributed by atoms with E-state index in [1.165, 1.54) is 0 Å². The summed E-state index contributed by atoms with van der Waals surface area (Å²) in [4.78, 5) is 24.0. The molecule has 0 saturated heterocycles. The van der Waals surface area contributed by atoms with Crippen LogP contribution in [0.2, 0.25) is 0 Å². The van der Waals surface area contributed by atoms with E-state index in [4.69, 9.17) is 10.5 Å². The third-order valence-corrected chi connectivity index (χ3v) is 4.15. The molecule has 0 saturated carbocycles. The van der Waals surface area contributed by atoms with Crippen molar-refractivity contribution in [2.45, 2.75) is 19.9 Å². The van der Waals surface area contributed by atoms with E-state index in [1.807, 2.05) is 31.2 Å². The first kappa shape index (κ1) is 18.0. The van der Waals surface area contributed by atoms with Gasteiger partial charge in [0.25, 0.3) is 5.91 Å². The Hall–Kier alpha value is -2.34. The van der Waals surface area contributed by atoms with Crippen molar-refractivity contribution >= 4 is 33.5 Å². The van der Waals surface area contributed by atoms with Crippen LogP contribution in [0.25, 0.3) is 0 Å². The summed E-state index contributed by atoms with van der Waals surface area (Å²) >= 11 is 3.36. The van der Waals surface area contributed by atoms with E-state index in [-0.39, 0.29) is 24.1 Å². The highest BCUT2D eigenvalue weighted by Crippen LogP contribution is 2.18. The van der Waals surface area contributed by atoms with Gasteiger partial charge < -0.3 is 15.8 Å². The number of nitrogen functional groups attached to an aromatic ring is 1. The van der Waals surface area contributed by atoms with Gasteiger partial charge in [-0.3, -0.25) is 4.79 Å². The fraction of sp³-hybridized carbons (Fsp3) is 0.222. The average molecular weight is 391 g/mol. The van der Waals surface area contributed by atoms with Gasteiger partial charge in [0, 0.05) is 10.2 Å². The summed E-state index contributed by atoms with van der Waals surface area (Å²) < 4.78 is 6.01. The lowest BCUT2D eigenvalue weighted by Crippen LogP contribution is -2.31. The summed E-state index contributed by atoms with van der Waals surface area (Å²) in [7, 11) is 0. The van der Waals surface area contributed by atoms with Gasteiger partial charge in [-0.15, -0.1) is 0 Å². The number of aryl methyl sites for hydroxylation is 1. The maximum atomic E-state index is 12.0. The third-order valence-electron chi connectivity index (χ3n) is 3.63. The van der Waals surface area contributed by atoms with Crippen molar-refractivity contribution in [1.82, 2.24) is 5.32 Å². The number of para-hydroxylation sites is 1. The predicted octanol–water partition coefficient (Wildman–Crippen LogP) is 3.37. The van der Waals surface area contributed by atoms with Crippen molar-refractivity contribution in [2.24, 2.45) is 0 Å². The van der Waals surface area contributed by atoms with Crippen molar-refractivity contribution in [3.05, 3.63) is 63.6 Å². The predicted molar refractivity (Wildman–Crippen MR) is 96.6 cm³/mol. The minimum Gasteiger partial charge on any atom is -0.452 e. The minimum atomic E-state index is -0.609. The SMILES string of the molecule is Cc1cccc(C(=O)OCC(=O)N[C@H](C)c2ccc(Br)cc2)c1N. The number of nitrogens with one attached hydrogen (secondary N) is 1. The molecular weight excluding hydrogens is 372 g/mol. The Balaban J connectivity index is 1.89. The maximum absolute atomic E-state index is 12.0. The average Bonchev–Trinajstić information content (AvgIpc) is 2.55. The number of esters is 1. The Kier molecular flexibility index (Phi) is 5.98. The number of nitrogens with two attached hydrogens (primary N) is 1. The third kappa shape index (κ3) is 4.58. The molecule has 0 bridgehead atoms. The van der Waals surface area contributed by atoms with Crippen molar-refractivity contribution in [2.75, 3.05) is 12.3 Å². The summed E-state index contributed by atoms with van der Waals surface area (Å²) in [6.45, 7) is 3.31. The van der Waals surface area contributed by atoms with Gasteiger partial charge in [0.05, 0.1) is 11.6 Å². The Labute approximate surface area is 149 Å². The van der Waals surface area contributed by atoms with Gasteiger partial charge in [0.15, 0.2) is 6.61 Å². The number of hydrogen-bond acceptors (Lipinski definition) is 4. The number of amides is 1. The standard InChI is InChI=1S/C18H19BrN2O3/c1-11-4-3-5-15(17(11)20)18(23)24-10-16(22)21-12(2)13-6-8-14(19)9-7-13/h3-9,12H,10,20H2,1-2H3,(H,21,22)/t12-/m1/s1. The summed E-state index contributed by atoms with van der Waals surface area (Å²) in [5.74, 6) is -0.979. The molecule has 2 aromatic carbocycles. The highest BCUT2D eigenvalue weighted by molar-refractivity contribution is 9.10. The van der Waals surface area contributed by atoms with Crippen LogP contribution in [0.4, 0.5) is 5.69 Å². The second-order valence-electron chi connectivity index (χ2n) is 5.45. The van der Waals surface area contributed by atoms with Gasteiger partial charge in [-0.1, -0.05) is 40.2 Å². The smallest absolute Gasteiger partial charge is 0.340 e. The van der Waals surface area contributed by atoms with Gasteiger partial charge in [0.2, 0.25) is 0 Å². The molecule has 0 unspecified atom stereocenters. The lowest BCUT2D eigenvalue weighted by Gasteiger charge is -2.15. The quantitative estimate of drug-likeness (QED) is 0.605. The minimum absolute atomic E-state index is 0.187. The van der Waals surface area contributed by atoms with Crippen molar-refractivity contribution < 1.29 is 14.3 Å². The molecular formula is C18H19BrN2O3. The molecule has 126 valence electrons. The van der Waals surface area contributed by atoms with E-state index in [0.717, 1.165) is 15.6 Å². The second-order valence-corrected chi connectivity index (χ2v) is 6.37. The Morgan fingerprint density at radius 2 is 1.88 bits per heavy atom. The fourth-order valence-corrected chi connectivity index (χ4v) is 2.45. The monoisotopic (exact) mass is 390 g/mol. The van der Waals surface area contributed by atoms with Crippen LogP contribution in [-0.4, -0.2) is 18.5 Å². The topological polar surface area (TPSA) is 81.4 Å². The number of ether oxygens (including phenoxy) is 1. The molecule has 0 aliphatic rings. The van der Waals surface area contributed by atoms with Gasteiger partial charge in [-0.2, -0.15) is 0 Å². The summed E-state index contributed by atoms with van der Waals surface area (Å²) in [5, 5.41) is 2.79. The van der Waals surface area contributed by atoms with Crippen LogP contribution in [0.1, 0.15) is 34.5 Å². The highest BCUT2D eigenvalue weighted by atomic mass is 79.9. The molecule has 0 heterocycles. The first-order valence-corrected chi connectivity index (χ1v) is 8.25. The maximum Gasteiger partial charge on any atom is 0.340 e. The molecule has 0 spiro atoms. The first-order valence-electron chi connectivity index (χ1n) is 7.45. The molecule has 1 amide bonds. The molecule has 2 rings (SSSR count). The van der Waals surface area contributed by atoms with Crippen molar-refractivity contribution in [1.29, 1.82) is 0 Å². The Morgan fingerprint density at radius 1 is 1.21 bits per heavy atom. The molecule has 2 aromatic rings. The van der Waals surface area contributed by atoms with Crippen LogP contribution in [0, 0.1) is 6.92 Å². The Bertz CT molecular complexity index is 744. The Morgan fingerprint density at radius 3 is 2.54 bits per heavy atom. The molecule has 0 fully saturated rings. The number of halogens is 1. The van der Waals surface area contributed by atoms with Crippen LogP contribution < -0.4 is 11.1 Å². The van der Waals surface area contributed by atoms with E-state index in [2.05, 4.69) is 21.2 Å². The number of hydrogen-bond donors (Lipinski definition) is 2. The van der Waals surface area contributed by atoms with Gasteiger partial charge >= 0.3 is 5.97 Å². The van der Waals surface area contributed by atoms with E-state index in [1.54, 1.807) is 25.1 Å². The highest BCUT2D eigenvalue weighted by Gasteiger charge is 2.15. The van der Waals surface area contributed by atoms with E-state index in [0.29, 0.717) is 5.69 Å². The molecule has 5 nitrogen and oxygen atoms in total. The van der Waals surface area contributed by atoms with E-state index in [9.17, 15) is 9.59 Å². The number of carbonyl (C=O) groups is 2. The van der Waals surface area contributed by atoms with Crippen molar-refractivity contribution in [3.63, 3.8) is 0 Å². The van der Waals surface area contributed by atoms with Crippen LogP contribution >= 0.6 is 15.9 Å². The van der Waals surface area contributed by atoms with Crippen LogP contribution in [0.15, 0.2) is 46.9 Å². The zero-order chi connectivity index (χ0) is 17.7. The van der Waals surface area contributed by atoms with E-state index >= 15 is 0 Å². The molecule has 1 atom stereocenters. The fourth-order valence-electron chi connectivity index (χ4n) is 2.19. The van der Waals surface area contributed by atoms with Crippen LogP contribution in [0.3, 0.4) is 0 Å². The van der Waals surface area contributed by atoms with E-state index < -0.39 is 5.97 Å².